The molecule has 0 saturated heterocycles. The number of benzene rings is 1. The van der Waals surface area contributed by atoms with Gasteiger partial charge in [0.1, 0.15) is 31.3 Å². The van der Waals surface area contributed by atoms with Gasteiger partial charge in [0, 0.05) is 0 Å². The predicted octanol–water partition coefficient (Wildman–Crippen LogP) is 4.60. The summed E-state index contributed by atoms with van der Waals surface area (Å²) in [6.07, 6.45) is 10.1. The summed E-state index contributed by atoms with van der Waals surface area (Å²) in [5, 5.41) is 3.72. The van der Waals surface area contributed by atoms with Gasteiger partial charge in [0.25, 0.3) is 0 Å². The van der Waals surface area contributed by atoms with Crippen molar-refractivity contribution in [3.63, 3.8) is 0 Å². The van der Waals surface area contributed by atoms with Crippen molar-refractivity contribution in [2.45, 2.75) is 58.7 Å². The summed E-state index contributed by atoms with van der Waals surface area (Å²) in [5.74, 6) is 1.81. The molecule has 5 nitrogen and oxygen atoms in total. The first kappa shape index (κ1) is 20.3. The van der Waals surface area contributed by atoms with Crippen molar-refractivity contribution in [1.29, 1.82) is 0 Å². The number of hydrogen-bond acceptors (Lipinski definition) is 5. The highest BCUT2D eigenvalue weighted by Gasteiger charge is 2.28. The second-order valence-corrected chi connectivity index (χ2v) is 6.55. The van der Waals surface area contributed by atoms with Crippen LogP contribution in [0.3, 0.4) is 0 Å². The summed E-state index contributed by atoms with van der Waals surface area (Å²) in [5.41, 5.74) is 2.18. The maximum Gasteiger partial charge on any atom is 0.125 e. The topological polar surface area (TPSA) is 49.3 Å². The van der Waals surface area contributed by atoms with Gasteiger partial charge in [0.05, 0.1) is 18.9 Å². The monoisotopic (exact) mass is 361 g/mol. The van der Waals surface area contributed by atoms with E-state index < -0.39 is 0 Å². The third-order valence-corrected chi connectivity index (χ3v) is 4.49. The summed E-state index contributed by atoms with van der Waals surface area (Å²) >= 11 is 0. The number of nitrogens with zero attached hydrogens (tertiary/aromatic N) is 1. The molecule has 1 fully saturated rings. The van der Waals surface area contributed by atoms with E-state index in [0.29, 0.717) is 13.2 Å². The lowest BCUT2D eigenvalue weighted by Crippen LogP contribution is -2.37. The summed E-state index contributed by atoms with van der Waals surface area (Å²) < 4.78 is 18.1. The second kappa shape index (κ2) is 10.9. The average molecular weight is 361 g/mol. The van der Waals surface area contributed by atoms with E-state index in [1.54, 1.807) is 6.21 Å². The molecule has 0 aromatic heterocycles. The van der Waals surface area contributed by atoms with Crippen molar-refractivity contribution in [3.8, 4) is 11.5 Å². The number of allylic oxidation sites excluding steroid dienone is 1. The van der Waals surface area contributed by atoms with Gasteiger partial charge in [-0.1, -0.05) is 23.7 Å². The van der Waals surface area contributed by atoms with Gasteiger partial charge < -0.3 is 19.0 Å². The molecule has 2 unspecified atom stereocenters. The molecule has 2 rings (SSSR count). The van der Waals surface area contributed by atoms with E-state index in [1.807, 2.05) is 31.2 Å². The molecule has 1 saturated carbocycles. The lowest BCUT2D eigenvalue weighted by Gasteiger charge is -2.32. The van der Waals surface area contributed by atoms with Crippen LogP contribution < -0.4 is 9.47 Å². The number of hydrogen-bond donors (Lipinski definition) is 0. The Bertz CT molecular complexity index is 589. The molecule has 0 aliphatic heterocycles. The normalized spacial score (nSPS) is 20.6. The molecule has 0 spiro atoms. The van der Waals surface area contributed by atoms with E-state index in [9.17, 15) is 0 Å². The van der Waals surface area contributed by atoms with Crippen LogP contribution in [0, 0.1) is 13.8 Å². The minimum absolute atomic E-state index is 0.0619. The van der Waals surface area contributed by atoms with E-state index in [2.05, 4.69) is 23.8 Å². The van der Waals surface area contributed by atoms with Crippen molar-refractivity contribution < 1.29 is 19.0 Å². The van der Waals surface area contributed by atoms with Gasteiger partial charge in [-0.05, 0) is 63.3 Å². The SMILES string of the molecule is C/C=C/COc1cc(C)c(OC2CCCCC2OC/C=N\OC)c(C)c1. The molecular formula is C21H31NO4. The van der Waals surface area contributed by atoms with Crippen molar-refractivity contribution in [1.82, 2.24) is 0 Å². The fourth-order valence-corrected chi connectivity index (χ4v) is 3.23. The standard InChI is InChI=1S/C21H31NO4/c1-5-6-12-24-18-14-16(2)21(17(3)15-18)26-20-10-8-7-9-19(20)25-13-11-22-23-4/h5-6,11,14-15,19-20H,7-10,12-13H2,1-4H3/b6-5+,22-11-. The fourth-order valence-electron chi connectivity index (χ4n) is 3.23. The average Bonchev–Trinajstić information content (AvgIpc) is 2.63. The molecule has 5 heteroatoms. The largest absolute Gasteiger partial charge is 0.490 e. The molecule has 144 valence electrons. The number of oxime groups is 1. The Hall–Kier alpha value is -2.01. The van der Waals surface area contributed by atoms with Crippen LogP contribution in [0.25, 0.3) is 0 Å². The Kier molecular flexibility index (Phi) is 8.48. The Balaban J connectivity index is 2.03. The highest BCUT2D eigenvalue weighted by atomic mass is 16.6. The van der Waals surface area contributed by atoms with Crippen molar-refractivity contribution >= 4 is 6.21 Å². The molecule has 1 aromatic rings. The maximum atomic E-state index is 6.40. The summed E-state index contributed by atoms with van der Waals surface area (Å²) in [4.78, 5) is 4.67. The Morgan fingerprint density at radius 2 is 1.77 bits per heavy atom. The van der Waals surface area contributed by atoms with E-state index in [4.69, 9.17) is 14.2 Å². The molecule has 0 bridgehead atoms. The lowest BCUT2D eigenvalue weighted by atomic mass is 9.94. The summed E-state index contributed by atoms with van der Waals surface area (Å²) in [7, 11) is 1.53. The minimum atomic E-state index is 0.0619. The first-order valence-electron chi connectivity index (χ1n) is 9.34. The zero-order valence-electron chi connectivity index (χ0n) is 16.4. The Morgan fingerprint density at radius 3 is 2.42 bits per heavy atom. The molecule has 0 amide bonds. The molecule has 0 radical (unpaired) electrons. The van der Waals surface area contributed by atoms with E-state index >= 15 is 0 Å². The number of aryl methyl sites for hydroxylation is 2. The van der Waals surface area contributed by atoms with Crippen LogP contribution in [-0.2, 0) is 9.57 Å². The first-order chi connectivity index (χ1) is 12.7. The quantitative estimate of drug-likeness (QED) is 0.366. The zero-order valence-corrected chi connectivity index (χ0v) is 16.4. The van der Waals surface area contributed by atoms with Gasteiger partial charge in [-0.2, -0.15) is 0 Å². The van der Waals surface area contributed by atoms with Crippen molar-refractivity contribution in [2.75, 3.05) is 20.3 Å². The Labute approximate surface area is 157 Å². The van der Waals surface area contributed by atoms with Gasteiger partial charge in [-0.3, -0.25) is 0 Å². The maximum absolute atomic E-state index is 6.40. The first-order valence-corrected chi connectivity index (χ1v) is 9.34. The van der Waals surface area contributed by atoms with Crippen LogP contribution in [0.4, 0.5) is 0 Å². The van der Waals surface area contributed by atoms with Gasteiger partial charge in [-0.15, -0.1) is 0 Å². The van der Waals surface area contributed by atoms with Gasteiger partial charge >= 0.3 is 0 Å². The number of rotatable bonds is 9. The molecule has 26 heavy (non-hydrogen) atoms. The van der Waals surface area contributed by atoms with Crippen LogP contribution >= 0.6 is 0 Å². The third-order valence-electron chi connectivity index (χ3n) is 4.49. The molecule has 1 aromatic carbocycles. The van der Waals surface area contributed by atoms with Crippen LogP contribution in [0.1, 0.15) is 43.7 Å². The van der Waals surface area contributed by atoms with Crippen LogP contribution in [0.5, 0.6) is 11.5 Å². The molecule has 0 N–H and O–H groups in total. The van der Waals surface area contributed by atoms with Crippen molar-refractivity contribution in [3.05, 3.63) is 35.4 Å². The molecule has 1 aliphatic rings. The summed E-state index contributed by atoms with van der Waals surface area (Å²) in [6.45, 7) is 7.13. The smallest absolute Gasteiger partial charge is 0.125 e. The van der Waals surface area contributed by atoms with Crippen LogP contribution in [0.2, 0.25) is 0 Å². The fraction of sp³-hybridized carbons (Fsp3) is 0.571. The lowest BCUT2D eigenvalue weighted by molar-refractivity contribution is -0.0333. The molecule has 2 atom stereocenters. The van der Waals surface area contributed by atoms with Gasteiger partial charge in [0.2, 0.25) is 0 Å². The van der Waals surface area contributed by atoms with Crippen LogP contribution in [0.15, 0.2) is 29.4 Å². The summed E-state index contributed by atoms with van der Waals surface area (Å²) in [6, 6.07) is 4.07. The van der Waals surface area contributed by atoms with Gasteiger partial charge in [-0.25, -0.2) is 0 Å². The van der Waals surface area contributed by atoms with Crippen molar-refractivity contribution in [2.24, 2.45) is 5.16 Å². The zero-order chi connectivity index (χ0) is 18.8. The highest BCUT2D eigenvalue weighted by molar-refractivity contribution is 5.57. The van der Waals surface area contributed by atoms with Gasteiger partial charge in [0.15, 0.2) is 0 Å². The van der Waals surface area contributed by atoms with Crippen LogP contribution in [-0.4, -0.2) is 38.7 Å². The predicted molar refractivity (Wildman–Crippen MR) is 104 cm³/mol. The Morgan fingerprint density at radius 1 is 1.08 bits per heavy atom. The number of ether oxygens (including phenoxy) is 3. The molecule has 0 heterocycles. The molecular weight excluding hydrogens is 330 g/mol. The minimum Gasteiger partial charge on any atom is -0.490 e. The van der Waals surface area contributed by atoms with E-state index in [-0.39, 0.29) is 12.2 Å². The van der Waals surface area contributed by atoms with E-state index in [0.717, 1.165) is 35.5 Å². The van der Waals surface area contributed by atoms with E-state index in [1.165, 1.54) is 20.0 Å². The third kappa shape index (κ3) is 6.06. The molecule has 1 aliphatic carbocycles. The highest BCUT2D eigenvalue weighted by Crippen LogP contribution is 2.32. The second-order valence-electron chi connectivity index (χ2n) is 6.55.